The Morgan fingerprint density at radius 1 is 0.939 bits per heavy atom. The third-order valence-electron chi connectivity index (χ3n) is 5.99. The summed E-state index contributed by atoms with van der Waals surface area (Å²) in [5.74, 6) is -0.0100. The fourth-order valence-electron chi connectivity index (χ4n) is 3.99. The Bertz CT molecular complexity index is 1100. The van der Waals surface area contributed by atoms with Crippen molar-refractivity contribution >= 4 is 17.5 Å². The van der Waals surface area contributed by atoms with Crippen molar-refractivity contribution in [2.75, 3.05) is 12.4 Å². The van der Waals surface area contributed by atoms with Crippen LogP contribution in [0.4, 0.5) is 5.69 Å². The lowest BCUT2D eigenvalue weighted by molar-refractivity contribution is -0.133. The summed E-state index contributed by atoms with van der Waals surface area (Å²) in [6, 6.07) is 24.4. The number of methoxy groups -OCH3 is 1. The Balaban J connectivity index is 1.44. The molecule has 1 saturated carbocycles. The molecule has 170 valence electrons. The molecule has 7 heteroatoms. The van der Waals surface area contributed by atoms with Crippen molar-refractivity contribution in [1.29, 1.82) is 0 Å². The second-order valence-corrected chi connectivity index (χ2v) is 8.17. The molecule has 1 fully saturated rings. The zero-order chi connectivity index (χ0) is 23.3. The zero-order valence-electron chi connectivity index (χ0n) is 18.3. The predicted octanol–water partition coefficient (Wildman–Crippen LogP) is 3.97. The molecule has 0 heterocycles. The van der Waals surface area contributed by atoms with Gasteiger partial charge in [0.25, 0.3) is 0 Å². The van der Waals surface area contributed by atoms with E-state index in [1.165, 1.54) is 0 Å². The van der Waals surface area contributed by atoms with Crippen LogP contribution < -0.4 is 20.3 Å². The molecule has 0 spiro atoms. The molecular weight excluding hydrogens is 420 g/mol. The molecule has 7 nitrogen and oxygen atoms in total. The van der Waals surface area contributed by atoms with Gasteiger partial charge in [0.05, 0.1) is 18.4 Å². The lowest BCUT2D eigenvalue weighted by atomic mass is 9.92. The molecule has 0 aliphatic heterocycles. The van der Waals surface area contributed by atoms with Crippen molar-refractivity contribution < 1.29 is 24.3 Å². The summed E-state index contributed by atoms with van der Waals surface area (Å²) in [6.07, 6.45) is 0.722. The summed E-state index contributed by atoms with van der Waals surface area (Å²) < 4.78 is 11.0. The molecule has 1 aliphatic carbocycles. The maximum absolute atomic E-state index is 13.2. The van der Waals surface area contributed by atoms with Crippen LogP contribution in [0.15, 0.2) is 78.9 Å². The molecule has 0 bridgehead atoms. The normalized spacial score (nSPS) is 18.8. The first-order valence-electron chi connectivity index (χ1n) is 10.7. The van der Waals surface area contributed by atoms with Gasteiger partial charge in [-0.2, -0.15) is 0 Å². The number of benzene rings is 3. The number of ether oxygens (including phenoxy) is 2. The molecule has 3 aromatic rings. The van der Waals surface area contributed by atoms with Crippen molar-refractivity contribution in [3.8, 4) is 11.5 Å². The summed E-state index contributed by atoms with van der Waals surface area (Å²) in [5, 5.41) is 12.0. The summed E-state index contributed by atoms with van der Waals surface area (Å²) in [4.78, 5) is 25.3. The van der Waals surface area contributed by atoms with Crippen LogP contribution in [0.1, 0.15) is 17.5 Å². The van der Waals surface area contributed by atoms with Crippen molar-refractivity contribution in [3.05, 3.63) is 90.0 Å². The lowest BCUT2D eigenvalue weighted by Crippen LogP contribution is -2.33. The van der Waals surface area contributed by atoms with Crippen LogP contribution in [0, 0.1) is 11.3 Å². The van der Waals surface area contributed by atoms with Gasteiger partial charge in [-0.25, -0.2) is 5.48 Å². The summed E-state index contributed by atoms with van der Waals surface area (Å²) in [6.45, 7) is 0.465. The second-order valence-electron chi connectivity index (χ2n) is 8.17. The van der Waals surface area contributed by atoms with E-state index in [0.29, 0.717) is 30.9 Å². The third kappa shape index (κ3) is 5.15. The molecule has 0 radical (unpaired) electrons. The minimum Gasteiger partial charge on any atom is -0.497 e. The predicted molar refractivity (Wildman–Crippen MR) is 123 cm³/mol. The van der Waals surface area contributed by atoms with Gasteiger partial charge < -0.3 is 14.8 Å². The van der Waals surface area contributed by atoms with E-state index in [0.717, 1.165) is 16.9 Å². The van der Waals surface area contributed by atoms with E-state index in [9.17, 15) is 9.59 Å². The highest BCUT2D eigenvalue weighted by molar-refractivity contribution is 6.02. The van der Waals surface area contributed by atoms with Gasteiger partial charge >= 0.3 is 0 Å². The van der Waals surface area contributed by atoms with E-state index >= 15 is 0 Å². The number of anilines is 1. The molecule has 2 atom stereocenters. The van der Waals surface area contributed by atoms with Crippen molar-refractivity contribution in [2.45, 2.75) is 19.4 Å². The topological polar surface area (TPSA) is 96.9 Å². The van der Waals surface area contributed by atoms with E-state index in [1.54, 1.807) is 36.9 Å². The highest BCUT2D eigenvalue weighted by Gasteiger charge is 2.63. The Morgan fingerprint density at radius 2 is 1.61 bits per heavy atom. The Morgan fingerprint density at radius 3 is 2.24 bits per heavy atom. The maximum Gasteiger partial charge on any atom is 0.247 e. The van der Waals surface area contributed by atoms with E-state index in [1.807, 2.05) is 54.6 Å². The Kier molecular flexibility index (Phi) is 6.60. The van der Waals surface area contributed by atoms with Crippen LogP contribution in [0.3, 0.4) is 0 Å². The number of hydrogen-bond donors (Lipinski definition) is 3. The summed E-state index contributed by atoms with van der Waals surface area (Å²) >= 11 is 0. The molecule has 2 unspecified atom stereocenters. The molecule has 3 aromatic carbocycles. The number of nitrogens with one attached hydrogen (secondary N) is 2. The number of hydrogen-bond acceptors (Lipinski definition) is 5. The van der Waals surface area contributed by atoms with Crippen molar-refractivity contribution in [1.82, 2.24) is 5.48 Å². The highest BCUT2D eigenvalue weighted by atomic mass is 16.5. The second kappa shape index (κ2) is 9.75. The van der Waals surface area contributed by atoms with Crippen LogP contribution in [-0.2, 0) is 22.6 Å². The minimum absolute atomic E-state index is 0.259. The molecule has 3 N–H and O–H groups in total. The smallest absolute Gasteiger partial charge is 0.247 e. The number of rotatable bonds is 9. The van der Waals surface area contributed by atoms with Crippen LogP contribution in [0.5, 0.6) is 11.5 Å². The van der Waals surface area contributed by atoms with E-state index in [4.69, 9.17) is 14.7 Å². The number of carbonyl (C=O) groups excluding carboxylic acids is 2. The van der Waals surface area contributed by atoms with Crippen LogP contribution in [0.2, 0.25) is 0 Å². The molecule has 0 saturated heterocycles. The van der Waals surface area contributed by atoms with Gasteiger partial charge in [-0.15, -0.1) is 0 Å². The van der Waals surface area contributed by atoms with Gasteiger partial charge in [0.1, 0.15) is 18.1 Å². The number of hydroxylamine groups is 1. The van der Waals surface area contributed by atoms with Crippen LogP contribution >= 0.6 is 0 Å². The van der Waals surface area contributed by atoms with Gasteiger partial charge in [0.2, 0.25) is 11.8 Å². The first-order valence-corrected chi connectivity index (χ1v) is 10.7. The zero-order valence-corrected chi connectivity index (χ0v) is 18.3. The first-order chi connectivity index (χ1) is 16.0. The largest absolute Gasteiger partial charge is 0.497 e. The van der Waals surface area contributed by atoms with Gasteiger partial charge in [-0.3, -0.25) is 14.8 Å². The van der Waals surface area contributed by atoms with E-state index < -0.39 is 17.2 Å². The number of amides is 2. The molecule has 1 aliphatic rings. The Labute approximate surface area is 192 Å². The highest BCUT2D eigenvalue weighted by Crippen LogP contribution is 2.55. The van der Waals surface area contributed by atoms with Gasteiger partial charge in [-0.1, -0.05) is 42.5 Å². The van der Waals surface area contributed by atoms with Gasteiger partial charge in [-0.05, 0) is 60.4 Å². The lowest BCUT2D eigenvalue weighted by Gasteiger charge is -2.18. The fourth-order valence-corrected chi connectivity index (χ4v) is 3.99. The first kappa shape index (κ1) is 22.4. The average Bonchev–Trinajstić information content (AvgIpc) is 3.59. The third-order valence-corrected chi connectivity index (χ3v) is 5.99. The van der Waals surface area contributed by atoms with Crippen LogP contribution in [0.25, 0.3) is 0 Å². The van der Waals surface area contributed by atoms with Gasteiger partial charge in [0, 0.05) is 5.69 Å². The number of carbonyl (C=O) groups is 2. The van der Waals surface area contributed by atoms with E-state index in [2.05, 4.69) is 5.32 Å². The molecule has 2 amide bonds. The summed E-state index contributed by atoms with van der Waals surface area (Å²) in [7, 11) is 1.57. The van der Waals surface area contributed by atoms with Crippen LogP contribution in [-0.4, -0.2) is 24.1 Å². The SMILES string of the molecule is COc1ccc(NC(=O)C2(Cc3ccc(OCc4ccccc4)cc3)CC2C(=O)NO)cc1. The van der Waals surface area contributed by atoms with Crippen molar-refractivity contribution in [2.24, 2.45) is 11.3 Å². The molecule has 4 rings (SSSR count). The molecule has 0 aromatic heterocycles. The van der Waals surface area contributed by atoms with Gasteiger partial charge in [0.15, 0.2) is 0 Å². The minimum atomic E-state index is -0.931. The standard InChI is InChI=1S/C26H26N2O5/c1-32-21-13-9-20(10-14-21)27-25(30)26(16-23(26)24(29)28-31)15-18-7-11-22(12-8-18)33-17-19-5-3-2-4-6-19/h2-14,23,31H,15-17H2,1H3,(H,27,30)(H,28,29). The summed E-state index contributed by atoms with van der Waals surface area (Å²) in [5.41, 5.74) is 3.35. The maximum atomic E-state index is 13.2. The quantitative estimate of drug-likeness (QED) is 0.341. The molecular formula is C26H26N2O5. The fraction of sp³-hybridized carbons (Fsp3) is 0.231. The monoisotopic (exact) mass is 446 g/mol. The van der Waals surface area contributed by atoms with Crippen molar-refractivity contribution in [3.63, 3.8) is 0 Å². The van der Waals surface area contributed by atoms with E-state index in [-0.39, 0.29) is 5.91 Å². The molecule has 33 heavy (non-hydrogen) atoms. The Hall–Kier alpha value is -3.84. The average molecular weight is 447 g/mol.